The number of hydrogen-bond donors (Lipinski definition) is 2. The van der Waals surface area contributed by atoms with Gasteiger partial charge >= 0.3 is 5.97 Å². The van der Waals surface area contributed by atoms with Crippen molar-refractivity contribution in [2.75, 3.05) is 20.2 Å². The number of halogens is 2. The Labute approximate surface area is 206 Å². The maximum absolute atomic E-state index is 14.2. The number of nitrogens with one attached hydrogen (secondary N) is 1. The van der Waals surface area contributed by atoms with Crippen LogP contribution in [0.15, 0.2) is 54.6 Å². The number of nitrogens with zero attached hydrogens (tertiary/aromatic N) is 2. The minimum Gasteiger partial charge on any atom is -0.494 e. The van der Waals surface area contributed by atoms with Gasteiger partial charge in [-0.05, 0) is 42.2 Å². The molecule has 1 amide bonds. The number of hydrogen-bond acceptors (Lipinski definition) is 4. The highest BCUT2D eigenvalue weighted by molar-refractivity contribution is 6.25. The van der Waals surface area contributed by atoms with Crippen LogP contribution in [0.5, 0.6) is 5.75 Å². The molecule has 7 nitrogen and oxygen atoms in total. The quantitative estimate of drug-likeness (QED) is 0.422. The van der Waals surface area contributed by atoms with E-state index in [1.807, 2.05) is 0 Å². The van der Waals surface area contributed by atoms with Gasteiger partial charge in [0.25, 0.3) is 5.91 Å². The molecule has 4 rings (SSSR count). The molecule has 3 aromatic rings. The molecule has 0 atom stereocenters. The molecule has 1 aromatic heterocycles. The lowest BCUT2D eigenvalue weighted by Gasteiger charge is -2.17. The standard InChI is InChI=1S/C26H23ClFN3O4/c1-15(17-8-7-16(12-19(17)26(33)34)25(32)31-10-3-4-11-31)18(6-5-9-27)24-29-21-13-20(28)23(35-2)14-22(21)30-24/h5-9,12-14H,1,3-4,10-11H2,2H3,(H,29,30)(H,33,34)/b9-5-,18-6+. The summed E-state index contributed by atoms with van der Waals surface area (Å²) in [4.78, 5) is 34.2. The molecule has 1 saturated heterocycles. The maximum Gasteiger partial charge on any atom is 0.336 e. The lowest BCUT2D eigenvalue weighted by Crippen LogP contribution is -2.27. The first-order valence-corrected chi connectivity index (χ1v) is 11.3. The van der Waals surface area contributed by atoms with E-state index in [9.17, 15) is 19.1 Å². The van der Waals surface area contributed by atoms with Crippen molar-refractivity contribution < 1.29 is 23.8 Å². The number of imidazole rings is 1. The Bertz CT molecular complexity index is 1390. The minimum atomic E-state index is -1.19. The smallest absolute Gasteiger partial charge is 0.336 e. The molecule has 0 unspecified atom stereocenters. The molecule has 1 aliphatic heterocycles. The summed E-state index contributed by atoms with van der Waals surface area (Å²) >= 11 is 5.73. The number of likely N-dealkylation sites (tertiary alicyclic amines) is 1. The van der Waals surface area contributed by atoms with Gasteiger partial charge in [0.1, 0.15) is 5.82 Å². The number of carbonyl (C=O) groups is 2. The zero-order chi connectivity index (χ0) is 25.1. The monoisotopic (exact) mass is 495 g/mol. The van der Waals surface area contributed by atoms with Gasteiger partial charge < -0.3 is 19.7 Å². The van der Waals surface area contributed by atoms with E-state index in [4.69, 9.17) is 16.3 Å². The molecule has 35 heavy (non-hydrogen) atoms. The predicted molar refractivity (Wildman–Crippen MR) is 133 cm³/mol. The van der Waals surface area contributed by atoms with Crippen LogP contribution in [-0.4, -0.2) is 52.1 Å². The summed E-state index contributed by atoms with van der Waals surface area (Å²) in [6, 6.07) is 7.27. The molecule has 0 bridgehead atoms. The molecule has 1 fully saturated rings. The van der Waals surface area contributed by atoms with Gasteiger partial charge in [0.05, 0.1) is 23.7 Å². The number of aromatic carboxylic acids is 1. The molecule has 2 heterocycles. The minimum absolute atomic E-state index is 0.0594. The Balaban J connectivity index is 1.77. The van der Waals surface area contributed by atoms with Gasteiger partial charge in [-0.25, -0.2) is 14.2 Å². The van der Waals surface area contributed by atoms with E-state index in [1.165, 1.54) is 30.8 Å². The third-order valence-corrected chi connectivity index (χ3v) is 6.03. The molecule has 0 radical (unpaired) electrons. The van der Waals surface area contributed by atoms with E-state index >= 15 is 0 Å². The molecule has 2 N–H and O–H groups in total. The van der Waals surface area contributed by atoms with E-state index < -0.39 is 11.8 Å². The van der Waals surface area contributed by atoms with Gasteiger partial charge in [-0.15, -0.1) is 0 Å². The highest BCUT2D eigenvalue weighted by Gasteiger charge is 2.24. The van der Waals surface area contributed by atoms with Crippen molar-refractivity contribution in [1.29, 1.82) is 0 Å². The predicted octanol–water partition coefficient (Wildman–Crippen LogP) is 5.49. The van der Waals surface area contributed by atoms with Crippen molar-refractivity contribution in [2.24, 2.45) is 0 Å². The molecular formula is C26H23ClFN3O4. The number of carboxylic acid groups (broad SMARTS) is 1. The van der Waals surface area contributed by atoms with Gasteiger partial charge in [0.2, 0.25) is 0 Å². The van der Waals surface area contributed by atoms with Crippen molar-refractivity contribution in [3.05, 3.63) is 82.9 Å². The second kappa shape index (κ2) is 10.1. The number of aromatic amines is 1. The molecule has 0 spiro atoms. The Morgan fingerprint density at radius 1 is 1.23 bits per heavy atom. The number of ether oxygens (including phenoxy) is 1. The fourth-order valence-electron chi connectivity index (χ4n) is 4.12. The van der Waals surface area contributed by atoms with E-state index in [0.717, 1.165) is 12.8 Å². The number of carboxylic acids is 1. The summed E-state index contributed by atoms with van der Waals surface area (Å²) in [5, 5.41) is 9.92. The van der Waals surface area contributed by atoms with Crippen molar-refractivity contribution in [3.8, 4) is 5.75 Å². The Morgan fingerprint density at radius 3 is 2.63 bits per heavy atom. The number of allylic oxidation sites excluding steroid dienone is 4. The summed E-state index contributed by atoms with van der Waals surface area (Å²) in [7, 11) is 1.37. The van der Waals surface area contributed by atoms with Crippen LogP contribution >= 0.6 is 11.6 Å². The SMILES string of the molecule is C=C(/C(=C\C=C/Cl)c1nc2cc(F)c(OC)cc2[nH]1)c1ccc(C(=O)N2CCCC2)cc1C(=O)O. The van der Waals surface area contributed by atoms with Crippen LogP contribution in [0.3, 0.4) is 0 Å². The number of benzene rings is 2. The first-order valence-electron chi connectivity index (χ1n) is 10.9. The Morgan fingerprint density at radius 2 is 1.97 bits per heavy atom. The van der Waals surface area contributed by atoms with Gasteiger partial charge in [-0.3, -0.25) is 4.79 Å². The van der Waals surface area contributed by atoms with Crippen LogP contribution in [0.25, 0.3) is 22.2 Å². The molecule has 0 saturated carbocycles. The number of aromatic nitrogens is 2. The zero-order valence-electron chi connectivity index (χ0n) is 19.0. The molecule has 1 aliphatic rings. The number of rotatable bonds is 7. The highest BCUT2D eigenvalue weighted by Crippen LogP contribution is 2.33. The molecule has 2 aromatic carbocycles. The third-order valence-electron chi connectivity index (χ3n) is 5.89. The number of fused-ring (bicyclic) bond motifs is 1. The Kier molecular flexibility index (Phi) is 7.02. The van der Waals surface area contributed by atoms with Crippen molar-refractivity contribution >= 4 is 45.7 Å². The number of carbonyl (C=O) groups excluding carboxylic acids is 1. The second-order valence-electron chi connectivity index (χ2n) is 8.03. The summed E-state index contributed by atoms with van der Waals surface area (Å²) in [5.74, 6) is -1.56. The van der Waals surface area contributed by atoms with E-state index in [-0.39, 0.29) is 17.2 Å². The normalized spacial score (nSPS) is 14.1. The van der Waals surface area contributed by atoms with Crippen LogP contribution in [0.4, 0.5) is 4.39 Å². The van der Waals surface area contributed by atoms with Gasteiger partial charge in [-0.1, -0.05) is 30.3 Å². The van der Waals surface area contributed by atoms with E-state index in [0.29, 0.717) is 52.2 Å². The van der Waals surface area contributed by atoms with Crippen LogP contribution in [0, 0.1) is 5.82 Å². The van der Waals surface area contributed by atoms with Crippen molar-refractivity contribution in [2.45, 2.75) is 12.8 Å². The first kappa shape index (κ1) is 24.2. The Hall–Kier alpha value is -3.91. The first-order chi connectivity index (χ1) is 16.8. The number of amides is 1. The van der Waals surface area contributed by atoms with Crippen LogP contribution < -0.4 is 4.74 Å². The average Bonchev–Trinajstić information content (AvgIpc) is 3.53. The lowest BCUT2D eigenvalue weighted by atomic mass is 9.92. The second-order valence-corrected chi connectivity index (χ2v) is 8.28. The topological polar surface area (TPSA) is 95.5 Å². The largest absolute Gasteiger partial charge is 0.494 e. The van der Waals surface area contributed by atoms with Gasteiger partial charge in [-0.2, -0.15) is 0 Å². The molecule has 0 aliphatic carbocycles. The summed E-state index contributed by atoms with van der Waals surface area (Å²) < 4.78 is 19.2. The van der Waals surface area contributed by atoms with Crippen molar-refractivity contribution in [3.63, 3.8) is 0 Å². The highest BCUT2D eigenvalue weighted by atomic mass is 35.5. The summed E-state index contributed by atoms with van der Waals surface area (Å²) in [6.45, 7) is 5.42. The van der Waals surface area contributed by atoms with Crippen LogP contribution in [-0.2, 0) is 0 Å². The van der Waals surface area contributed by atoms with E-state index in [2.05, 4.69) is 16.5 Å². The molecule has 9 heteroatoms. The van der Waals surface area contributed by atoms with Crippen LogP contribution in [0.1, 0.15) is 44.9 Å². The lowest BCUT2D eigenvalue weighted by molar-refractivity contribution is 0.0696. The third kappa shape index (κ3) is 4.83. The number of H-pyrrole nitrogens is 1. The summed E-state index contributed by atoms with van der Waals surface area (Å²) in [6.07, 6.45) is 5.03. The maximum atomic E-state index is 14.2. The molecular weight excluding hydrogens is 473 g/mol. The fourth-order valence-corrected chi connectivity index (χ4v) is 4.19. The molecule has 180 valence electrons. The zero-order valence-corrected chi connectivity index (χ0v) is 19.7. The van der Waals surface area contributed by atoms with Crippen LogP contribution in [0.2, 0.25) is 0 Å². The van der Waals surface area contributed by atoms with Crippen molar-refractivity contribution in [1.82, 2.24) is 14.9 Å². The average molecular weight is 496 g/mol. The fraction of sp³-hybridized carbons (Fsp3) is 0.192. The summed E-state index contributed by atoms with van der Waals surface area (Å²) in [5.41, 5.74) is 3.50. The van der Waals surface area contributed by atoms with Gasteiger partial charge in [0.15, 0.2) is 11.6 Å². The number of methoxy groups -OCH3 is 1. The van der Waals surface area contributed by atoms with Gasteiger partial charge in [0, 0.05) is 41.9 Å². The van der Waals surface area contributed by atoms with E-state index in [1.54, 1.807) is 29.2 Å².